The van der Waals surface area contributed by atoms with Crippen molar-refractivity contribution in [3.8, 4) is 17.0 Å². The second-order valence-electron chi connectivity index (χ2n) is 7.37. The molecule has 0 radical (unpaired) electrons. The van der Waals surface area contributed by atoms with Crippen LogP contribution in [0.3, 0.4) is 0 Å². The van der Waals surface area contributed by atoms with E-state index >= 15 is 0 Å². The molecule has 29 heavy (non-hydrogen) atoms. The van der Waals surface area contributed by atoms with Crippen molar-refractivity contribution < 1.29 is 4.74 Å². The van der Waals surface area contributed by atoms with Gasteiger partial charge in [0.05, 0.1) is 12.8 Å². The van der Waals surface area contributed by atoms with Crippen LogP contribution in [0.15, 0.2) is 60.7 Å². The summed E-state index contributed by atoms with van der Waals surface area (Å²) in [6.45, 7) is 2.72. The predicted octanol–water partition coefficient (Wildman–Crippen LogP) is 5.14. The zero-order valence-corrected chi connectivity index (χ0v) is 17.0. The topological polar surface area (TPSA) is 50.3 Å². The van der Waals surface area contributed by atoms with Crippen molar-refractivity contribution in [3.63, 3.8) is 0 Å². The number of hydrogen-bond acceptors (Lipinski definition) is 5. The first-order chi connectivity index (χ1) is 14.3. The number of anilines is 2. The first kappa shape index (κ1) is 19.2. The molecule has 1 aliphatic heterocycles. The molecule has 0 atom stereocenters. The van der Waals surface area contributed by atoms with Crippen LogP contribution in [0.5, 0.6) is 5.75 Å². The molecular formula is C24H28N4O. The molecule has 2 aromatic carbocycles. The highest BCUT2D eigenvalue weighted by atomic mass is 16.5. The molecule has 0 spiro atoms. The summed E-state index contributed by atoms with van der Waals surface area (Å²) >= 11 is 0. The summed E-state index contributed by atoms with van der Waals surface area (Å²) in [5.41, 5.74) is 3.13. The lowest BCUT2D eigenvalue weighted by Crippen LogP contribution is -2.25. The average Bonchev–Trinajstić information content (AvgIpc) is 3.08. The largest absolute Gasteiger partial charge is 0.496 e. The van der Waals surface area contributed by atoms with Crippen molar-refractivity contribution in [2.24, 2.45) is 0 Å². The van der Waals surface area contributed by atoms with Gasteiger partial charge in [-0.15, -0.1) is 0 Å². The van der Waals surface area contributed by atoms with Crippen LogP contribution < -0.4 is 15.0 Å². The molecule has 1 N–H and O–H groups in total. The standard InChI is InChI=1S/C24H28N4O/c1-29-22-14-8-7-13-20(22)18-25-24-26-21(19-11-5-4-6-12-19)17-23(27-24)28-15-9-2-3-10-16-28/h4-8,11-14,17H,2-3,9-10,15-16,18H2,1H3,(H,25,26,27). The van der Waals surface area contributed by atoms with Crippen LogP contribution in [-0.4, -0.2) is 30.2 Å². The zero-order valence-electron chi connectivity index (χ0n) is 17.0. The molecule has 0 unspecified atom stereocenters. The summed E-state index contributed by atoms with van der Waals surface area (Å²) < 4.78 is 5.47. The minimum absolute atomic E-state index is 0.613. The Balaban J connectivity index is 1.63. The lowest BCUT2D eigenvalue weighted by atomic mass is 10.1. The van der Waals surface area contributed by atoms with Crippen LogP contribution in [0.4, 0.5) is 11.8 Å². The minimum atomic E-state index is 0.613. The Hall–Kier alpha value is -3.08. The third-order valence-electron chi connectivity index (χ3n) is 5.34. The van der Waals surface area contributed by atoms with E-state index in [1.54, 1.807) is 7.11 Å². The third kappa shape index (κ3) is 4.86. The van der Waals surface area contributed by atoms with Gasteiger partial charge in [-0.25, -0.2) is 4.98 Å². The van der Waals surface area contributed by atoms with Gasteiger partial charge in [0, 0.05) is 36.8 Å². The lowest BCUT2D eigenvalue weighted by Gasteiger charge is -2.22. The van der Waals surface area contributed by atoms with Gasteiger partial charge in [0.25, 0.3) is 0 Å². The van der Waals surface area contributed by atoms with E-state index in [1.807, 2.05) is 36.4 Å². The smallest absolute Gasteiger partial charge is 0.225 e. The van der Waals surface area contributed by atoms with E-state index in [-0.39, 0.29) is 0 Å². The van der Waals surface area contributed by atoms with Gasteiger partial charge >= 0.3 is 0 Å². The molecule has 150 valence electrons. The molecule has 4 rings (SSSR count). The molecule has 0 amide bonds. The molecule has 5 heteroatoms. The summed E-state index contributed by atoms with van der Waals surface area (Å²) in [5.74, 6) is 2.52. The molecular weight excluding hydrogens is 360 g/mol. The van der Waals surface area contributed by atoms with Crippen LogP contribution >= 0.6 is 0 Å². The highest BCUT2D eigenvalue weighted by molar-refractivity contribution is 5.65. The Morgan fingerprint density at radius 3 is 2.38 bits per heavy atom. The molecule has 2 heterocycles. The van der Waals surface area contributed by atoms with Gasteiger partial charge in [-0.3, -0.25) is 0 Å². The van der Waals surface area contributed by atoms with Crippen LogP contribution in [-0.2, 0) is 6.54 Å². The highest BCUT2D eigenvalue weighted by Gasteiger charge is 2.15. The molecule has 1 fully saturated rings. The number of nitrogens with zero attached hydrogens (tertiary/aromatic N) is 3. The fourth-order valence-electron chi connectivity index (χ4n) is 3.76. The fourth-order valence-corrected chi connectivity index (χ4v) is 3.76. The van der Waals surface area contributed by atoms with Crippen LogP contribution in [0.25, 0.3) is 11.3 Å². The van der Waals surface area contributed by atoms with Crippen molar-refractivity contribution in [2.45, 2.75) is 32.2 Å². The van der Waals surface area contributed by atoms with Gasteiger partial charge < -0.3 is 15.0 Å². The number of ether oxygens (including phenoxy) is 1. The minimum Gasteiger partial charge on any atom is -0.496 e. The van der Waals surface area contributed by atoms with Gasteiger partial charge in [-0.2, -0.15) is 4.98 Å². The van der Waals surface area contributed by atoms with E-state index in [4.69, 9.17) is 14.7 Å². The SMILES string of the molecule is COc1ccccc1CNc1nc(-c2ccccc2)cc(N2CCCCCC2)n1. The Morgan fingerprint density at radius 2 is 1.62 bits per heavy atom. The first-order valence-electron chi connectivity index (χ1n) is 10.4. The van der Waals surface area contributed by atoms with Crippen molar-refractivity contribution in [3.05, 3.63) is 66.2 Å². The number of methoxy groups -OCH3 is 1. The Bertz CT molecular complexity index is 921. The summed E-state index contributed by atoms with van der Waals surface area (Å²) in [4.78, 5) is 12.1. The molecule has 1 aromatic heterocycles. The first-order valence-corrected chi connectivity index (χ1v) is 10.4. The Kier molecular flexibility index (Phi) is 6.25. The predicted molar refractivity (Wildman–Crippen MR) is 118 cm³/mol. The quantitative estimate of drug-likeness (QED) is 0.633. The van der Waals surface area contributed by atoms with Crippen LogP contribution in [0.1, 0.15) is 31.2 Å². The second-order valence-corrected chi connectivity index (χ2v) is 7.37. The van der Waals surface area contributed by atoms with Gasteiger partial charge in [0.15, 0.2) is 0 Å². The molecule has 0 aliphatic carbocycles. The Morgan fingerprint density at radius 1 is 0.897 bits per heavy atom. The number of hydrogen-bond donors (Lipinski definition) is 1. The van der Waals surface area contributed by atoms with Crippen LogP contribution in [0.2, 0.25) is 0 Å². The molecule has 0 saturated carbocycles. The molecule has 5 nitrogen and oxygen atoms in total. The highest BCUT2D eigenvalue weighted by Crippen LogP contribution is 2.26. The average molecular weight is 389 g/mol. The summed E-state index contributed by atoms with van der Waals surface area (Å²) in [6.07, 6.45) is 5.03. The van der Waals surface area contributed by atoms with Crippen molar-refractivity contribution in [2.75, 3.05) is 30.4 Å². The summed E-state index contributed by atoms with van der Waals surface area (Å²) in [5, 5.41) is 3.41. The van der Waals surface area contributed by atoms with Gasteiger partial charge in [0.2, 0.25) is 5.95 Å². The normalized spacial score (nSPS) is 14.3. The number of para-hydroxylation sites is 1. The zero-order chi connectivity index (χ0) is 19.9. The van der Waals surface area contributed by atoms with E-state index < -0.39 is 0 Å². The van der Waals surface area contributed by atoms with Crippen molar-refractivity contribution in [1.29, 1.82) is 0 Å². The fraction of sp³-hybridized carbons (Fsp3) is 0.333. The third-order valence-corrected chi connectivity index (χ3v) is 5.34. The summed E-state index contributed by atoms with van der Waals surface area (Å²) in [7, 11) is 1.70. The monoisotopic (exact) mass is 388 g/mol. The molecule has 1 saturated heterocycles. The molecule has 0 bridgehead atoms. The van der Waals surface area contributed by atoms with Crippen molar-refractivity contribution in [1.82, 2.24) is 9.97 Å². The van der Waals surface area contributed by atoms with E-state index in [9.17, 15) is 0 Å². The molecule has 1 aliphatic rings. The van der Waals surface area contributed by atoms with Crippen LogP contribution in [0, 0.1) is 0 Å². The lowest BCUT2D eigenvalue weighted by molar-refractivity contribution is 0.410. The van der Waals surface area contributed by atoms with Gasteiger partial charge in [-0.1, -0.05) is 61.4 Å². The van der Waals surface area contributed by atoms with E-state index in [1.165, 1.54) is 25.7 Å². The summed E-state index contributed by atoms with van der Waals surface area (Å²) in [6, 6.07) is 20.5. The van der Waals surface area contributed by atoms with E-state index in [0.717, 1.165) is 41.5 Å². The number of aromatic nitrogens is 2. The maximum absolute atomic E-state index is 5.47. The maximum Gasteiger partial charge on any atom is 0.225 e. The number of nitrogens with one attached hydrogen (secondary N) is 1. The van der Waals surface area contributed by atoms with Gasteiger partial charge in [0.1, 0.15) is 11.6 Å². The maximum atomic E-state index is 5.47. The molecule has 3 aromatic rings. The number of rotatable bonds is 6. The van der Waals surface area contributed by atoms with E-state index in [2.05, 4.69) is 34.5 Å². The number of benzene rings is 2. The Labute approximate surface area is 172 Å². The van der Waals surface area contributed by atoms with E-state index in [0.29, 0.717) is 12.5 Å². The van der Waals surface area contributed by atoms with Gasteiger partial charge in [-0.05, 0) is 18.9 Å². The second kappa shape index (κ2) is 9.41. The van der Waals surface area contributed by atoms with Crippen molar-refractivity contribution >= 4 is 11.8 Å².